The number of nitrogens with zero attached hydrogens (tertiary/aromatic N) is 3. The highest BCUT2D eigenvalue weighted by molar-refractivity contribution is 8.26. The van der Waals surface area contributed by atoms with Gasteiger partial charge in [-0.2, -0.15) is 0 Å². The normalized spacial score (nSPS) is 19.2. The van der Waals surface area contributed by atoms with Gasteiger partial charge in [0.25, 0.3) is 5.91 Å². The number of likely N-dealkylation sites (N-methyl/N-ethyl adjacent to an activating group) is 1. The van der Waals surface area contributed by atoms with Crippen LogP contribution in [0.4, 0.5) is 11.4 Å². The number of amides is 1. The molecule has 1 aromatic rings. The number of allylic oxidation sites excluding steroid dienone is 2. The number of esters is 1. The van der Waals surface area contributed by atoms with E-state index in [0.29, 0.717) is 21.3 Å². The lowest BCUT2D eigenvalue weighted by Gasteiger charge is -2.23. The van der Waals surface area contributed by atoms with Crippen molar-refractivity contribution >= 4 is 51.6 Å². The highest BCUT2D eigenvalue weighted by Gasteiger charge is 2.32. The lowest BCUT2D eigenvalue weighted by atomic mass is 10.1. The Balaban J connectivity index is 2.00. The molecule has 2 heterocycles. The number of fused-ring (bicyclic) bond motifs is 1. The van der Waals surface area contributed by atoms with Crippen molar-refractivity contribution in [3.63, 3.8) is 0 Å². The summed E-state index contributed by atoms with van der Waals surface area (Å²) in [7, 11) is 1.38. The zero-order valence-corrected chi connectivity index (χ0v) is 18.0. The number of hydrogen-bond donors (Lipinski definition) is 0. The molecule has 8 heteroatoms. The van der Waals surface area contributed by atoms with E-state index in [1.54, 1.807) is 11.0 Å². The minimum Gasteiger partial charge on any atom is -0.465 e. The van der Waals surface area contributed by atoms with Gasteiger partial charge >= 0.3 is 5.97 Å². The topological polar surface area (TPSA) is 53.1 Å². The number of ether oxygens (including phenoxy) is 1. The summed E-state index contributed by atoms with van der Waals surface area (Å²) < 4.78 is 5.44. The van der Waals surface area contributed by atoms with E-state index in [9.17, 15) is 9.59 Å². The highest BCUT2D eigenvalue weighted by Crippen LogP contribution is 2.42. The van der Waals surface area contributed by atoms with Crippen LogP contribution in [0.2, 0.25) is 0 Å². The molecule has 0 aromatic heterocycles. The van der Waals surface area contributed by atoms with Crippen LogP contribution in [-0.2, 0) is 9.53 Å². The number of benzene rings is 1. The summed E-state index contributed by atoms with van der Waals surface area (Å²) in [5.74, 6) is 0.551. The fourth-order valence-electron chi connectivity index (χ4n) is 3.39. The molecule has 2 aliphatic heterocycles. The van der Waals surface area contributed by atoms with E-state index in [0.717, 1.165) is 30.3 Å². The predicted octanol–water partition coefficient (Wildman–Crippen LogP) is 3.74. The van der Waals surface area contributed by atoms with Crippen LogP contribution in [0.3, 0.4) is 0 Å². The molecule has 0 N–H and O–H groups in total. The zero-order chi connectivity index (χ0) is 20.4. The van der Waals surface area contributed by atoms with Gasteiger partial charge in [0.15, 0.2) is 0 Å². The Labute approximate surface area is 174 Å². The third-order valence-corrected chi connectivity index (χ3v) is 6.13. The van der Waals surface area contributed by atoms with Crippen molar-refractivity contribution in [2.75, 3.05) is 36.5 Å². The minimum atomic E-state index is -0.359. The third kappa shape index (κ3) is 3.42. The summed E-state index contributed by atoms with van der Waals surface area (Å²) in [6, 6.07) is 5.56. The Morgan fingerprint density at radius 2 is 1.71 bits per heavy atom. The molecule has 0 bridgehead atoms. The third-order valence-electron chi connectivity index (χ3n) is 4.74. The Kier molecular flexibility index (Phi) is 6.10. The molecule has 6 nitrogen and oxygen atoms in total. The molecule has 0 aliphatic carbocycles. The van der Waals surface area contributed by atoms with Crippen LogP contribution in [0.1, 0.15) is 31.1 Å². The van der Waals surface area contributed by atoms with Gasteiger partial charge in [-0.3, -0.25) is 9.69 Å². The quantitative estimate of drug-likeness (QED) is 0.411. The van der Waals surface area contributed by atoms with Crippen molar-refractivity contribution < 1.29 is 14.3 Å². The average molecular weight is 418 g/mol. The molecule has 3 rings (SSSR count). The minimum absolute atomic E-state index is 0.0519. The van der Waals surface area contributed by atoms with Gasteiger partial charge in [0.1, 0.15) is 10.1 Å². The van der Waals surface area contributed by atoms with Gasteiger partial charge in [0, 0.05) is 19.6 Å². The number of rotatable bonds is 5. The fourth-order valence-corrected chi connectivity index (χ4v) is 4.71. The number of methoxy groups -OCH3 is 1. The molecule has 0 unspecified atom stereocenters. The van der Waals surface area contributed by atoms with E-state index >= 15 is 0 Å². The lowest BCUT2D eigenvalue weighted by molar-refractivity contribution is -0.122. The monoisotopic (exact) mass is 417 g/mol. The Hall–Kier alpha value is -2.32. The summed E-state index contributed by atoms with van der Waals surface area (Å²) in [6.07, 6.45) is 3.79. The average Bonchev–Trinajstić information content (AvgIpc) is 3.16. The standard InChI is InChI=1S/C20H23N3O3S2/c1-5-21-14-9-8-13(19(25)26-4)12-15(14)22(6-2)17(21)11-10-16-18(24)23(7-3)20(27)28-16/h8-12H,5-7H2,1-4H3/b16-10-,17-11+. The maximum atomic E-state index is 12.5. The van der Waals surface area contributed by atoms with Crippen molar-refractivity contribution in [1.82, 2.24) is 4.90 Å². The molecular weight excluding hydrogens is 394 g/mol. The molecule has 1 amide bonds. The van der Waals surface area contributed by atoms with Crippen LogP contribution >= 0.6 is 24.0 Å². The largest absolute Gasteiger partial charge is 0.465 e. The Morgan fingerprint density at radius 3 is 2.29 bits per heavy atom. The summed E-state index contributed by atoms with van der Waals surface area (Å²) in [5.41, 5.74) is 2.49. The second kappa shape index (κ2) is 8.36. The summed E-state index contributed by atoms with van der Waals surface area (Å²) in [6.45, 7) is 8.10. The van der Waals surface area contributed by atoms with Crippen LogP contribution in [0.5, 0.6) is 0 Å². The van der Waals surface area contributed by atoms with E-state index in [-0.39, 0.29) is 11.9 Å². The van der Waals surface area contributed by atoms with Gasteiger partial charge in [-0.15, -0.1) is 0 Å². The van der Waals surface area contributed by atoms with Crippen molar-refractivity contribution in [3.05, 3.63) is 46.6 Å². The Morgan fingerprint density at radius 1 is 1.07 bits per heavy atom. The molecule has 1 aromatic carbocycles. The number of carbonyl (C=O) groups excluding carboxylic acids is 2. The van der Waals surface area contributed by atoms with E-state index in [4.69, 9.17) is 17.0 Å². The number of thiocarbonyl (C=S) groups is 1. The first-order chi connectivity index (χ1) is 13.5. The molecule has 1 fully saturated rings. The Bertz CT molecular complexity index is 895. The van der Waals surface area contributed by atoms with E-state index in [1.807, 2.05) is 31.2 Å². The first-order valence-electron chi connectivity index (χ1n) is 9.19. The van der Waals surface area contributed by atoms with Crippen LogP contribution < -0.4 is 9.80 Å². The van der Waals surface area contributed by atoms with Gasteiger partial charge in [-0.05, 0) is 51.1 Å². The summed E-state index contributed by atoms with van der Waals surface area (Å²) >= 11 is 6.61. The number of anilines is 2. The second-order valence-electron chi connectivity index (χ2n) is 6.16. The molecule has 2 aliphatic rings. The van der Waals surface area contributed by atoms with Crippen LogP contribution in [0.25, 0.3) is 0 Å². The van der Waals surface area contributed by atoms with Crippen LogP contribution in [-0.4, -0.2) is 47.8 Å². The van der Waals surface area contributed by atoms with E-state index in [2.05, 4.69) is 23.6 Å². The van der Waals surface area contributed by atoms with Crippen LogP contribution in [0, 0.1) is 0 Å². The second-order valence-corrected chi connectivity index (χ2v) is 7.83. The number of thioether (sulfide) groups is 1. The van der Waals surface area contributed by atoms with Crippen molar-refractivity contribution in [3.8, 4) is 0 Å². The fraction of sp³-hybridized carbons (Fsp3) is 0.350. The van der Waals surface area contributed by atoms with Crippen molar-refractivity contribution in [1.29, 1.82) is 0 Å². The molecular formula is C20H23N3O3S2. The molecule has 1 saturated heterocycles. The van der Waals surface area contributed by atoms with Gasteiger partial charge < -0.3 is 14.5 Å². The van der Waals surface area contributed by atoms with Gasteiger partial charge in [-0.25, -0.2) is 4.79 Å². The molecule has 148 valence electrons. The van der Waals surface area contributed by atoms with Crippen molar-refractivity contribution in [2.24, 2.45) is 0 Å². The molecule has 0 spiro atoms. The maximum absolute atomic E-state index is 12.5. The smallest absolute Gasteiger partial charge is 0.337 e. The zero-order valence-electron chi connectivity index (χ0n) is 16.4. The highest BCUT2D eigenvalue weighted by atomic mass is 32.2. The van der Waals surface area contributed by atoms with Crippen LogP contribution in [0.15, 0.2) is 41.1 Å². The SMILES string of the molecule is CCN1C(=O)/C(=C/C=C2\N(CC)c3ccc(C(=O)OC)cc3N2CC)SC1=S. The predicted molar refractivity (Wildman–Crippen MR) is 118 cm³/mol. The molecule has 0 radical (unpaired) electrons. The lowest BCUT2D eigenvalue weighted by Crippen LogP contribution is -2.28. The summed E-state index contributed by atoms with van der Waals surface area (Å²) in [5, 5.41) is 0. The maximum Gasteiger partial charge on any atom is 0.337 e. The van der Waals surface area contributed by atoms with Gasteiger partial charge in [-0.1, -0.05) is 24.0 Å². The summed E-state index contributed by atoms with van der Waals surface area (Å²) in [4.78, 5) is 30.9. The first-order valence-corrected chi connectivity index (χ1v) is 10.4. The molecule has 0 saturated carbocycles. The first kappa shape index (κ1) is 20.4. The molecule has 28 heavy (non-hydrogen) atoms. The van der Waals surface area contributed by atoms with Gasteiger partial charge in [0.2, 0.25) is 0 Å². The van der Waals surface area contributed by atoms with Crippen molar-refractivity contribution in [2.45, 2.75) is 20.8 Å². The van der Waals surface area contributed by atoms with E-state index in [1.165, 1.54) is 18.9 Å². The number of carbonyl (C=O) groups is 2. The molecule has 0 atom stereocenters. The van der Waals surface area contributed by atoms with E-state index < -0.39 is 0 Å². The van der Waals surface area contributed by atoms with Gasteiger partial charge in [0.05, 0.1) is 29.0 Å². The number of hydrogen-bond acceptors (Lipinski definition) is 7.